The van der Waals surface area contributed by atoms with Crippen molar-refractivity contribution < 1.29 is 0 Å². The Balaban J connectivity index is 2.05. The lowest BCUT2D eigenvalue weighted by molar-refractivity contribution is 0.409. The highest BCUT2D eigenvalue weighted by Gasteiger charge is 2.23. The lowest BCUT2D eigenvalue weighted by Gasteiger charge is -2.23. The molecule has 0 amide bonds. The molecule has 1 fully saturated rings. The molecular weight excluding hydrogens is 260 g/mol. The Morgan fingerprint density at radius 3 is 2.81 bits per heavy atom. The fourth-order valence-corrected chi connectivity index (χ4v) is 3.35. The maximum absolute atomic E-state index is 6.21. The minimum atomic E-state index is 0.174. The van der Waals surface area contributed by atoms with Crippen molar-refractivity contribution in [2.45, 2.75) is 70.9 Å². The van der Waals surface area contributed by atoms with Gasteiger partial charge in [0.15, 0.2) is 5.65 Å². The summed E-state index contributed by atoms with van der Waals surface area (Å²) in [7, 11) is 0. The number of aryl methyl sites for hydroxylation is 1. The molecule has 1 atom stereocenters. The van der Waals surface area contributed by atoms with Gasteiger partial charge in [0.25, 0.3) is 0 Å². The van der Waals surface area contributed by atoms with Crippen molar-refractivity contribution in [1.82, 2.24) is 14.5 Å². The average molecular weight is 286 g/mol. The van der Waals surface area contributed by atoms with Crippen LogP contribution in [-0.2, 0) is 6.54 Å². The van der Waals surface area contributed by atoms with E-state index < -0.39 is 0 Å². The lowest BCUT2D eigenvalue weighted by Crippen LogP contribution is -2.27. The summed E-state index contributed by atoms with van der Waals surface area (Å²) >= 11 is 0. The average Bonchev–Trinajstić information content (AvgIpc) is 2.85. The third kappa shape index (κ3) is 2.95. The van der Waals surface area contributed by atoms with Crippen molar-refractivity contribution in [1.29, 1.82) is 0 Å². The van der Waals surface area contributed by atoms with Crippen LogP contribution in [0.3, 0.4) is 0 Å². The number of nitrogens with two attached hydrogens (primary N) is 1. The second kappa shape index (κ2) is 6.14. The number of pyridine rings is 1. The molecular formula is C17H26N4. The predicted octanol–water partition coefficient (Wildman–Crippen LogP) is 3.52. The Labute approximate surface area is 126 Å². The normalized spacial score (nSPS) is 18.2. The number of imidazole rings is 1. The highest BCUT2D eigenvalue weighted by Crippen LogP contribution is 2.33. The van der Waals surface area contributed by atoms with Gasteiger partial charge in [-0.25, -0.2) is 9.97 Å². The Bertz CT molecular complexity index is 611. The van der Waals surface area contributed by atoms with Crippen LogP contribution in [0.15, 0.2) is 12.3 Å². The lowest BCUT2D eigenvalue weighted by atomic mass is 9.88. The molecule has 1 unspecified atom stereocenters. The molecule has 1 saturated carbocycles. The van der Waals surface area contributed by atoms with Crippen molar-refractivity contribution in [2.75, 3.05) is 0 Å². The van der Waals surface area contributed by atoms with Crippen LogP contribution in [0.1, 0.15) is 62.8 Å². The summed E-state index contributed by atoms with van der Waals surface area (Å²) in [6, 6.07) is 2.32. The first-order valence-corrected chi connectivity index (χ1v) is 8.27. The molecule has 0 saturated heterocycles. The Hall–Kier alpha value is -1.42. The molecule has 0 spiro atoms. The molecule has 1 aliphatic carbocycles. The monoisotopic (exact) mass is 286 g/mol. The molecule has 4 heteroatoms. The van der Waals surface area contributed by atoms with E-state index in [1.54, 1.807) is 0 Å². The zero-order valence-corrected chi connectivity index (χ0v) is 13.2. The van der Waals surface area contributed by atoms with Crippen molar-refractivity contribution in [3.05, 3.63) is 23.7 Å². The Morgan fingerprint density at radius 2 is 2.10 bits per heavy atom. The minimum Gasteiger partial charge on any atom is -0.326 e. The molecule has 2 aromatic heterocycles. The van der Waals surface area contributed by atoms with Crippen molar-refractivity contribution in [3.63, 3.8) is 0 Å². The van der Waals surface area contributed by atoms with E-state index in [1.165, 1.54) is 43.5 Å². The highest BCUT2D eigenvalue weighted by atomic mass is 15.1. The maximum atomic E-state index is 6.21. The molecule has 114 valence electrons. The summed E-state index contributed by atoms with van der Waals surface area (Å²) in [5.41, 5.74) is 9.41. The van der Waals surface area contributed by atoms with E-state index in [9.17, 15) is 0 Å². The van der Waals surface area contributed by atoms with E-state index in [0.29, 0.717) is 5.92 Å². The smallest absolute Gasteiger partial charge is 0.160 e. The van der Waals surface area contributed by atoms with Crippen LogP contribution in [0.4, 0.5) is 0 Å². The van der Waals surface area contributed by atoms with Crippen LogP contribution in [-0.4, -0.2) is 20.6 Å². The molecule has 0 bridgehead atoms. The Morgan fingerprint density at radius 1 is 1.33 bits per heavy atom. The van der Waals surface area contributed by atoms with Gasteiger partial charge in [-0.15, -0.1) is 0 Å². The number of nitrogens with zero attached hydrogens (tertiary/aromatic N) is 3. The van der Waals surface area contributed by atoms with Crippen LogP contribution >= 0.6 is 0 Å². The van der Waals surface area contributed by atoms with E-state index >= 15 is 0 Å². The molecule has 0 aliphatic heterocycles. The van der Waals surface area contributed by atoms with Gasteiger partial charge in [-0.05, 0) is 37.8 Å². The predicted molar refractivity (Wildman–Crippen MR) is 86.4 cm³/mol. The van der Waals surface area contributed by atoms with Crippen molar-refractivity contribution in [3.8, 4) is 0 Å². The van der Waals surface area contributed by atoms with Gasteiger partial charge in [-0.1, -0.05) is 26.2 Å². The number of rotatable bonds is 4. The van der Waals surface area contributed by atoms with Gasteiger partial charge >= 0.3 is 0 Å². The molecule has 4 nitrogen and oxygen atoms in total. The third-order valence-electron chi connectivity index (χ3n) is 4.66. The standard InChI is InChI=1S/C17H26N4/c1-3-14(18)11-21-16(13-7-5-4-6-8-13)20-15-9-12(2)10-19-17(15)21/h9-10,13-14H,3-8,11,18H2,1-2H3. The van der Waals surface area contributed by atoms with Crippen molar-refractivity contribution in [2.24, 2.45) is 5.73 Å². The van der Waals surface area contributed by atoms with Crippen LogP contribution in [0.2, 0.25) is 0 Å². The van der Waals surface area contributed by atoms with E-state index in [1.807, 2.05) is 6.20 Å². The third-order valence-corrected chi connectivity index (χ3v) is 4.66. The summed E-state index contributed by atoms with van der Waals surface area (Å²) < 4.78 is 2.29. The number of hydrogen-bond acceptors (Lipinski definition) is 3. The van der Waals surface area contributed by atoms with E-state index in [2.05, 4.69) is 29.5 Å². The molecule has 21 heavy (non-hydrogen) atoms. The van der Waals surface area contributed by atoms with Crippen molar-refractivity contribution >= 4 is 11.2 Å². The number of fused-ring (bicyclic) bond motifs is 1. The van der Waals surface area contributed by atoms with Gasteiger partial charge in [0.2, 0.25) is 0 Å². The minimum absolute atomic E-state index is 0.174. The molecule has 2 heterocycles. The van der Waals surface area contributed by atoms with Crippen LogP contribution in [0.25, 0.3) is 11.2 Å². The SMILES string of the molecule is CCC(N)Cn1c(C2CCCCC2)nc2cc(C)cnc21. The molecule has 0 radical (unpaired) electrons. The summed E-state index contributed by atoms with van der Waals surface area (Å²) in [5.74, 6) is 1.80. The summed E-state index contributed by atoms with van der Waals surface area (Å²) in [6.07, 6.45) is 9.43. The summed E-state index contributed by atoms with van der Waals surface area (Å²) in [5, 5.41) is 0. The van der Waals surface area contributed by atoms with Gasteiger partial charge < -0.3 is 10.3 Å². The summed E-state index contributed by atoms with van der Waals surface area (Å²) in [4.78, 5) is 9.56. The second-order valence-corrected chi connectivity index (χ2v) is 6.44. The zero-order valence-electron chi connectivity index (χ0n) is 13.2. The second-order valence-electron chi connectivity index (χ2n) is 6.44. The molecule has 2 N–H and O–H groups in total. The maximum Gasteiger partial charge on any atom is 0.160 e. The van der Waals surface area contributed by atoms with Gasteiger partial charge in [0.1, 0.15) is 11.3 Å². The van der Waals surface area contributed by atoms with E-state index in [-0.39, 0.29) is 6.04 Å². The summed E-state index contributed by atoms with van der Waals surface area (Å²) in [6.45, 7) is 5.04. The fourth-order valence-electron chi connectivity index (χ4n) is 3.35. The molecule has 3 rings (SSSR count). The van der Waals surface area contributed by atoms with Gasteiger partial charge in [-0.3, -0.25) is 0 Å². The van der Waals surface area contributed by atoms with Crippen LogP contribution in [0, 0.1) is 6.92 Å². The van der Waals surface area contributed by atoms with Gasteiger partial charge in [0, 0.05) is 24.7 Å². The van der Waals surface area contributed by atoms with Crippen LogP contribution < -0.4 is 5.73 Å². The number of aromatic nitrogens is 3. The molecule has 2 aromatic rings. The fraction of sp³-hybridized carbons (Fsp3) is 0.647. The van der Waals surface area contributed by atoms with E-state index in [0.717, 1.165) is 24.1 Å². The quantitative estimate of drug-likeness (QED) is 0.935. The van der Waals surface area contributed by atoms with Gasteiger partial charge in [-0.2, -0.15) is 0 Å². The Kier molecular flexibility index (Phi) is 4.24. The highest BCUT2D eigenvalue weighted by molar-refractivity contribution is 5.72. The van der Waals surface area contributed by atoms with E-state index in [4.69, 9.17) is 10.7 Å². The number of hydrogen-bond donors (Lipinski definition) is 1. The first-order chi connectivity index (χ1) is 10.2. The zero-order chi connectivity index (χ0) is 14.8. The van der Waals surface area contributed by atoms with Gasteiger partial charge in [0.05, 0.1) is 0 Å². The first-order valence-electron chi connectivity index (χ1n) is 8.27. The first kappa shape index (κ1) is 14.5. The largest absolute Gasteiger partial charge is 0.326 e. The molecule has 0 aromatic carbocycles. The van der Waals surface area contributed by atoms with Crippen LogP contribution in [0.5, 0.6) is 0 Å². The molecule has 1 aliphatic rings. The topological polar surface area (TPSA) is 56.7 Å².